The molecule has 110 valence electrons. The van der Waals surface area contributed by atoms with Crippen molar-refractivity contribution < 1.29 is 19.4 Å². The number of rotatable bonds is 6. The SMILES string of the molecule is COCc1ccccc1C(=O)Nc1cnn(CC(=O)O)c1. The molecule has 0 atom stereocenters. The second-order valence-electron chi connectivity index (χ2n) is 4.36. The minimum Gasteiger partial charge on any atom is -0.480 e. The number of nitrogens with zero attached hydrogens (tertiary/aromatic N) is 2. The van der Waals surface area contributed by atoms with Gasteiger partial charge in [-0.15, -0.1) is 0 Å². The molecule has 1 amide bonds. The van der Waals surface area contributed by atoms with Gasteiger partial charge in [0, 0.05) is 18.9 Å². The van der Waals surface area contributed by atoms with Gasteiger partial charge in [0.05, 0.1) is 18.5 Å². The van der Waals surface area contributed by atoms with Crippen LogP contribution in [0.25, 0.3) is 0 Å². The summed E-state index contributed by atoms with van der Waals surface area (Å²) in [5.74, 6) is -1.29. The molecule has 21 heavy (non-hydrogen) atoms. The van der Waals surface area contributed by atoms with Crippen LogP contribution in [0.4, 0.5) is 5.69 Å². The van der Waals surface area contributed by atoms with Gasteiger partial charge in [-0.3, -0.25) is 14.3 Å². The number of aliphatic carboxylic acids is 1. The highest BCUT2D eigenvalue weighted by atomic mass is 16.5. The Balaban J connectivity index is 2.11. The van der Waals surface area contributed by atoms with E-state index in [-0.39, 0.29) is 12.5 Å². The number of carboxylic acids is 1. The Morgan fingerprint density at radius 1 is 1.38 bits per heavy atom. The molecule has 1 aromatic heterocycles. The highest BCUT2D eigenvalue weighted by Gasteiger charge is 2.12. The molecule has 0 saturated carbocycles. The van der Waals surface area contributed by atoms with Crippen LogP contribution in [0.1, 0.15) is 15.9 Å². The summed E-state index contributed by atoms with van der Waals surface area (Å²) < 4.78 is 6.29. The topological polar surface area (TPSA) is 93.5 Å². The molecule has 0 fully saturated rings. The van der Waals surface area contributed by atoms with Gasteiger partial charge in [-0.05, 0) is 11.6 Å². The number of benzene rings is 1. The third kappa shape index (κ3) is 3.90. The highest BCUT2D eigenvalue weighted by Crippen LogP contribution is 2.13. The van der Waals surface area contributed by atoms with Crippen LogP contribution in [0, 0.1) is 0 Å². The summed E-state index contributed by atoms with van der Waals surface area (Å²) in [5.41, 5.74) is 1.72. The van der Waals surface area contributed by atoms with E-state index in [1.54, 1.807) is 19.2 Å². The maximum Gasteiger partial charge on any atom is 0.325 e. The minimum atomic E-state index is -0.999. The zero-order valence-electron chi connectivity index (χ0n) is 11.4. The molecule has 0 unspecified atom stereocenters. The predicted molar refractivity (Wildman–Crippen MR) is 75.0 cm³/mol. The zero-order chi connectivity index (χ0) is 15.2. The number of nitrogens with one attached hydrogen (secondary N) is 1. The maximum atomic E-state index is 12.2. The third-order valence-electron chi connectivity index (χ3n) is 2.75. The molecular formula is C14H15N3O4. The molecule has 0 aliphatic heterocycles. The van der Waals surface area contributed by atoms with E-state index in [9.17, 15) is 9.59 Å². The summed E-state index contributed by atoms with van der Waals surface area (Å²) in [6, 6.07) is 7.11. The van der Waals surface area contributed by atoms with Crippen molar-refractivity contribution in [2.24, 2.45) is 0 Å². The second kappa shape index (κ2) is 6.67. The lowest BCUT2D eigenvalue weighted by atomic mass is 10.1. The summed E-state index contributed by atoms with van der Waals surface area (Å²) in [4.78, 5) is 22.8. The fourth-order valence-electron chi connectivity index (χ4n) is 1.87. The molecule has 0 aliphatic rings. The monoisotopic (exact) mass is 289 g/mol. The van der Waals surface area contributed by atoms with Crippen molar-refractivity contribution in [3.05, 3.63) is 47.8 Å². The third-order valence-corrected chi connectivity index (χ3v) is 2.75. The lowest BCUT2D eigenvalue weighted by Gasteiger charge is -2.08. The zero-order valence-corrected chi connectivity index (χ0v) is 11.4. The first-order valence-electron chi connectivity index (χ1n) is 6.22. The molecule has 0 spiro atoms. The maximum absolute atomic E-state index is 12.2. The second-order valence-corrected chi connectivity index (χ2v) is 4.36. The van der Waals surface area contributed by atoms with Gasteiger partial charge in [0.2, 0.25) is 0 Å². The molecule has 1 heterocycles. The van der Waals surface area contributed by atoms with Gasteiger partial charge in [-0.25, -0.2) is 0 Å². The van der Waals surface area contributed by atoms with Gasteiger partial charge in [-0.2, -0.15) is 5.10 Å². The van der Waals surface area contributed by atoms with Gasteiger partial charge >= 0.3 is 5.97 Å². The molecule has 2 N–H and O–H groups in total. The Morgan fingerprint density at radius 3 is 2.86 bits per heavy atom. The van der Waals surface area contributed by atoms with Gasteiger partial charge in [0.25, 0.3) is 5.91 Å². The van der Waals surface area contributed by atoms with Crippen molar-refractivity contribution in [1.29, 1.82) is 0 Å². The standard InChI is InChI=1S/C14H15N3O4/c1-21-9-10-4-2-3-5-12(10)14(20)16-11-6-15-17(7-11)8-13(18)19/h2-7H,8-9H2,1H3,(H,16,20)(H,18,19). The highest BCUT2D eigenvalue weighted by molar-refractivity contribution is 6.05. The Kier molecular flexibility index (Phi) is 4.68. The van der Waals surface area contributed by atoms with Crippen LogP contribution in [-0.2, 0) is 22.7 Å². The number of carbonyl (C=O) groups is 2. The van der Waals surface area contributed by atoms with Gasteiger partial charge in [-0.1, -0.05) is 18.2 Å². The summed E-state index contributed by atoms with van der Waals surface area (Å²) in [6.07, 6.45) is 2.87. The predicted octanol–water partition coefficient (Wildman–Crippen LogP) is 1.37. The number of hydrogen-bond acceptors (Lipinski definition) is 4. The number of carbonyl (C=O) groups excluding carboxylic acids is 1. The quantitative estimate of drug-likeness (QED) is 0.837. The molecule has 0 radical (unpaired) electrons. The Hall–Kier alpha value is -2.67. The number of ether oxygens (including phenoxy) is 1. The van der Waals surface area contributed by atoms with Gasteiger partial charge in [0.15, 0.2) is 0 Å². The van der Waals surface area contributed by atoms with Crippen LogP contribution < -0.4 is 5.32 Å². The van der Waals surface area contributed by atoms with Crippen molar-refractivity contribution in [2.45, 2.75) is 13.2 Å². The summed E-state index contributed by atoms with van der Waals surface area (Å²) in [7, 11) is 1.56. The molecule has 2 rings (SSSR count). The molecule has 0 saturated heterocycles. The van der Waals surface area contributed by atoms with Crippen molar-refractivity contribution in [2.75, 3.05) is 12.4 Å². The van der Waals surface area contributed by atoms with Crippen molar-refractivity contribution in [3.63, 3.8) is 0 Å². The smallest absolute Gasteiger partial charge is 0.325 e. The van der Waals surface area contributed by atoms with Crippen molar-refractivity contribution >= 4 is 17.6 Å². The van der Waals surface area contributed by atoms with Crippen molar-refractivity contribution in [3.8, 4) is 0 Å². The van der Waals surface area contributed by atoms with E-state index in [2.05, 4.69) is 10.4 Å². The van der Waals surface area contributed by atoms with Gasteiger partial charge < -0.3 is 15.2 Å². The Labute approximate surface area is 121 Å². The van der Waals surface area contributed by atoms with Crippen LogP contribution in [0.5, 0.6) is 0 Å². The number of anilines is 1. The van der Waals surface area contributed by atoms with E-state index in [1.165, 1.54) is 17.1 Å². The van der Waals surface area contributed by atoms with E-state index in [0.717, 1.165) is 5.56 Å². The summed E-state index contributed by atoms with van der Waals surface area (Å²) >= 11 is 0. The number of aromatic nitrogens is 2. The van der Waals surface area contributed by atoms with Gasteiger partial charge in [0.1, 0.15) is 6.54 Å². The number of methoxy groups -OCH3 is 1. The normalized spacial score (nSPS) is 10.3. The minimum absolute atomic E-state index is 0.254. The fourth-order valence-corrected chi connectivity index (χ4v) is 1.87. The van der Waals surface area contributed by atoms with E-state index in [1.807, 2.05) is 12.1 Å². The van der Waals surface area contributed by atoms with E-state index in [0.29, 0.717) is 17.9 Å². The molecule has 7 heteroatoms. The lowest BCUT2D eigenvalue weighted by molar-refractivity contribution is -0.137. The largest absolute Gasteiger partial charge is 0.480 e. The summed E-state index contributed by atoms with van der Waals surface area (Å²) in [5, 5.41) is 15.2. The first kappa shape index (κ1) is 14.7. The molecule has 1 aromatic carbocycles. The lowest BCUT2D eigenvalue weighted by Crippen LogP contribution is -2.14. The molecule has 2 aromatic rings. The average molecular weight is 289 g/mol. The molecule has 7 nitrogen and oxygen atoms in total. The number of hydrogen-bond donors (Lipinski definition) is 2. The fraction of sp³-hybridized carbons (Fsp3) is 0.214. The molecule has 0 bridgehead atoms. The Bertz CT molecular complexity index is 651. The van der Waals surface area contributed by atoms with Crippen LogP contribution >= 0.6 is 0 Å². The van der Waals surface area contributed by atoms with E-state index >= 15 is 0 Å². The number of amides is 1. The van der Waals surface area contributed by atoms with Crippen LogP contribution in [0.15, 0.2) is 36.7 Å². The molecule has 0 aliphatic carbocycles. The number of carboxylic acid groups (broad SMARTS) is 1. The summed E-state index contributed by atoms with van der Waals surface area (Å²) in [6.45, 7) is 0.0814. The van der Waals surface area contributed by atoms with Crippen molar-refractivity contribution in [1.82, 2.24) is 9.78 Å². The molecular weight excluding hydrogens is 274 g/mol. The Morgan fingerprint density at radius 2 is 2.14 bits per heavy atom. The first-order chi connectivity index (χ1) is 10.1. The van der Waals surface area contributed by atoms with Crippen LogP contribution in [0.3, 0.4) is 0 Å². The van der Waals surface area contributed by atoms with Crippen LogP contribution in [0.2, 0.25) is 0 Å². The first-order valence-corrected chi connectivity index (χ1v) is 6.22. The average Bonchev–Trinajstić information content (AvgIpc) is 2.86. The van der Waals surface area contributed by atoms with E-state index < -0.39 is 5.97 Å². The van der Waals surface area contributed by atoms with E-state index in [4.69, 9.17) is 9.84 Å². The van der Waals surface area contributed by atoms with Crippen LogP contribution in [-0.4, -0.2) is 33.9 Å².